The van der Waals surface area contributed by atoms with E-state index in [0.29, 0.717) is 37.4 Å². The number of ketones is 1. The second-order valence-electron chi connectivity index (χ2n) is 6.79. The molecule has 28 heavy (non-hydrogen) atoms. The van der Waals surface area contributed by atoms with Gasteiger partial charge in [-0.1, -0.05) is 12.1 Å². The van der Waals surface area contributed by atoms with Gasteiger partial charge in [0.2, 0.25) is 5.91 Å². The number of hydrogen-bond acceptors (Lipinski definition) is 4. The predicted molar refractivity (Wildman–Crippen MR) is 101 cm³/mol. The number of nitrogens with one attached hydrogen (secondary N) is 1. The van der Waals surface area contributed by atoms with Crippen LogP contribution >= 0.6 is 0 Å². The van der Waals surface area contributed by atoms with E-state index in [1.54, 1.807) is 18.2 Å². The molecule has 1 N–H and O–H groups in total. The Balaban J connectivity index is 1.53. The summed E-state index contributed by atoms with van der Waals surface area (Å²) in [6.45, 7) is 1.26. The van der Waals surface area contributed by atoms with Crippen LogP contribution in [-0.2, 0) is 4.79 Å². The van der Waals surface area contributed by atoms with Crippen LogP contribution in [0.25, 0.3) is 0 Å². The number of piperidine rings is 1. The van der Waals surface area contributed by atoms with E-state index < -0.39 is 11.6 Å². The van der Waals surface area contributed by atoms with Gasteiger partial charge in [0.1, 0.15) is 17.4 Å². The van der Waals surface area contributed by atoms with Crippen LogP contribution in [-0.4, -0.2) is 43.3 Å². The Morgan fingerprint density at radius 3 is 2.57 bits per heavy atom. The van der Waals surface area contributed by atoms with Crippen molar-refractivity contribution in [2.24, 2.45) is 5.92 Å². The normalized spacial score (nSPS) is 15.2. The summed E-state index contributed by atoms with van der Waals surface area (Å²) >= 11 is 0. The predicted octanol–water partition coefficient (Wildman–Crippen LogP) is 3.51. The van der Waals surface area contributed by atoms with Crippen molar-refractivity contribution in [2.45, 2.75) is 12.8 Å². The summed E-state index contributed by atoms with van der Waals surface area (Å²) in [5.74, 6) is -1.68. The first-order valence-corrected chi connectivity index (χ1v) is 9.12. The third-order valence-corrected chi connectivity index (χ3v) is 4.90. The number of rotatable bonds is 6. The number of para-hydroxylation sites is 2. The van der Waals surface area contributed by atoms with Crippen molar-refractivity contribution in [3.63, 3.8) is 0 Å². The minimum absolute atomic E-state index is 0.176. The van der Waals surface area contributed by atoms with Crippen molar-refractivity contribution in [2.75, 3.05) is 32.1 Å². The molecular formula is C21H22F2N2O3. The van der Waals surface area contributed by atoms with Crippen LogP contribution in [0.15, 0.2) is 42.5 Å². The monoisotopic (exact) mass is 388 g/mol. The second kappa shape index (κ2) is 8.93. The van der Waals surface area contributed by atoms with Gasteiger partial charge >= 0.3 is 0 Å². The number of halogens is 2. The van der Waals surface area contributed by atoms with Gasteiger partial charge in [0, 0.05) is 5.92 Å². The fraction of sp³-hybridized carbons (Fsp3) is 0.333. The zero-order chi connectivity index (χ0) is 20.1. The molecule has 148 valence electrons. The molecule has 0 spiro atoms. The van der Waals surface area contributed by atoms with Gasteiger partial charge in [0.05, 0.1) is 24.9 Å². The van der Waals surface area contributed by atoms with Gasteiger partial charge in [-0.25, -0.2) is 8.78 Å². The molecule has 3 rings (SSSR count). The lowest BCUT2D eigenvalue weighted by atomic mass is 9.88. The minimum atomic E-state index is -0.704. The Bertz CT molecular complexity index is 864. The lowest BCUT2D eigenvalue weighted by molar-refractivity contribution is -0.117. The molecule has 0 radical (unpaired) electrons. The Labute approximate surface area is 162 Å². The molecule has 0 aliphatic carbocycles. The number of hydrogen-bond donors (Lipinski definition) is 1. The molecule has 1 aliphatic rings. The molecule has 2 aromatic carbocycles. The molecule has 0 bridgehead atoms. The van der Waals surface area contributed by atoms with Gasteiger partial charge < -0.3 is 10.1 Å². The highest BCUT2D eigenvalue weighted by molar-refractivity contribution is 5.98. The number of ether oxygens (including phenoxy) is 1. The van der Waals surface area contributed by atoms with Gasteiger partial charge in [0.25, 0.3) is 0 Å². The number of carbonyl (C=O) groups is 2. The van der Waals surface area contributed by atoms with Crippen LogP contribution in [0, 0.1) is 17.6 Å². The molecule has 1 amide bonds. The molecule has 7 heteroatoms. The lowest BCUT2D eigenvalue weighted by Crippen LogP contribution is -2.40. The Kier molecular flexibility index (Phi) is 6.36. The summed E-state index contributed by atoms with van der Waals surface area (Å²) in [7, 11) is 1.54. The first-order valence-electron chi connectivity index (χ1n) is 9.12. The summed E-state index contributed by atoms with van der Waals surface area (Å²) < 4.78 is 32.4. The van der Waals surface area contributed by atoms with E-state index in [1.807, 2.05) is 11.0 Å². The lowest BCUT2D eigenvalue weighted by Gasteiger charge is -2.30. The van der Waals surface area contributed by atoms with Crippen LogP contribution in [0.5, 0.6) is 5.75 Å². The van der Waals surface area contributed by atoms with Crippen molar-refractivity contribution >= 4 is 17.4 Å². The maximum Gasteiger partial charge on any atom is 0.238 e. The van der Waals surface area contributed by atoms with E-state index >= 15 is 0 Å². The largest absolute Gasteiger partial charge is 0.495 e. The highest BCUT2D eigenvalue weighted by atomic mass is 19.1. The van der Waals surface area contributed by atoms with Crippen molar-refractivity contribution in [1.82, 2.24) is 4.90 Å². The fourth-order valence-corrected chi connectivity index (χ4v) is 3.40. The molecular weight excluding hydrogens is 366 g/mol. The zero-order valence-corrected chi connectivity index (χ0v) is 15.6. The molecule has 0 saturated carbocycles. The summed E-state index contributed by atoms with van der Waals surface area (Å²) in [5.41, 5.74) is 0.397. The smallest absolute Gasteiger partial charge is 0.238 e. The molecule has 0 unspecified atom stereocenters. The maximum absolute atomic E-state index is 13.8. The van der Waals surface area contributed by atoms with Crippen molar-refractivity contribution in [1.29, 1.82) is 0 Å². The molecule has 0 atom stereocenters. The van der Waals surface area contributed by atoms with Gasteiger partial charge in [-0.3, -0.25) is 14.5 Å². The summed E-state index contributed by atoms with van der Waals surface area (Å²) in [6.07, 6.45) is 0.994. The Hall–Kier alpha value is -2.80. The molecule has 1 fully saturated rings. The number of anilines is 1. The van der Waals surface area contributed by atoms with Crippen LogP contribution in [0.1, 0.15) is 23.2 Å². The number of likely N-dealkylation sites (tertiary alicyclic amines) is 1. The molecule has 1 aliphatic heterocycles. The molecule has 5 nitrogen and oxygen atoms in total. The van der Waals surface area contributed by atoms with Crippen LogP contribution in [0.4, 0.5) is 14.5 Å². The van der Waals surface area contributed by atoms with Crippen LogP contribution in [0.3, 0.4) is 0 Å². The second-order valence-corrected chi connectivity index (χ2v) is 6.79. The molecule has 1 heterocycles. The number of Topliss-reactive ketones (excluding diaryl/α,β-unsaturated/α-hetero) is 1. The van der Waals surface area contributed by atoms with E-state index in [1.165, 1.54) is 7.11 Å². The SMILES string of the molecule is COc1ccccc1NC(=O)CN1CCC(C(=O)c2cc(F)ccc2F)CC1. The Morgan fingerprint density at radius 1 is 1.14 bits per heavy atom. The average Bonchev–Trinajstić information content (AvgIpc) is 2.70. The zero-order valence-electron chi connectivity index (χ0n) is 15.6. The number of amides is 1. The van der Waals surface area contributed by atoms with Crippen LogP contribution < -0.4 is 10.1 Å². The summed E-state index contributed by atoms with van der Waals surface area (Å²) in [6, 6.07) is 10.1. The van der Waals surface area contributed by atoms with Crippen molar-refractivity contribution in [3.8, 4) is 5.75 Å². The van der Waals surface area contributed by atoms with Gasteiger partial charge in [-0.05, 0) is 56.3 Å². The molecule has 1 saturated heterocycles. The van der Waals surface area contributed by atoms with Gasteiger partial charge in [0.15, 0.2) is 5.78 Å². The first kappa shape index (κ1) is 19.9. The fourth-order valence-electron chi connectivity index (χ4n) is 3.40. The van der Waals surface area contributed by atoms with Crippen molar-refractivity contribution < 1.29 is 23.1 Å². The van der Waals surface area contributed by atoms with E-state index in [2.05, 4.69) is 5.32 Å². The van der Waals surface area contributed by atoms with Gasteiger partial charge in [-0.2, -0.15) is 0 Å². The third-order valence-electron chi connectivity index (χ3n) is 4.90. The van der Waals surface area contributed by atoms with E-state index in [-0.39, 0.29) is 29.7 Å². The quantitative estimate of drug-likeness (QED) is 0.770. The number of carbonyl (C=O) groups excluding carboxylic acids is 2. The number of benzene rings is 2. The topological polar surface area (TPSA) is 58.6 Å². The molecule has 0 aromatic heterocycles. The van der Waals surface area contributed by atoms with Crippen molar-refractivity contribution in [3.05, 3.63) is 59.7 Å². The highest BCUT2D eigenvalue weighted by Gasteiger charge is 2.28. The summed E-state index contributed by atoms with van der Waals surface area (Å²) in [5, 5.41) is 2.82. The van der Waals surface area contributed by atoms with Crippen LogP contribution in [0.2, 0.25) is 0 Å². The van der Waals surface area contributed by atoms with E-state index in [9.17, 15) is 18.4 Å². The third kappa shape index (κ3) is 4.72. The summed E-state index contributed by atoms with van der Waals surface area (Å²) in [4.78, 5) is 26.7. The number of nitrogens with zero attached hydrogens (tertiary/aromatic N) is 1. The Morgan fingerprint density at radius 2 is 1.86 bits per heavy atom. The highest BCUT2D eigenvalue weighted by Crippen LogP contribution is 2.25. The molecule has 2 aromatic rings. The van der Waals surface area contributed by atoms with E-state index in [4.69, 9.17) is 4.74 Å². The van der Waals surface area contributed by atoms with E-state index in [0.717, 1.165) is 18.2 Å². The average molecular weight is 388 g/mol. The number of methoxy groups -OCH3 is 1. The maximum atomic E-state index is 13.8. The minimum Gasteiger partial charge on any atom is -0.495 e. The van der Waals surface area contributed by atoms with Gasteiger partial charge in [-0.15, -0.1) is 0 Å². The first-order chi connectivity index (χ1) is 13.5. The standard InChI is InChI=1S/C21H22F2N2O3/c1-28-19-5-3-2-4-18(19)24-20(26)13-25-10-8-14(9-11-25)21(27)16-12-15(22)6-7-17(16)23/h2-7,12,14H,8-11,13H2,1H3,(H,24,26).